The Balaban J connectivity index is 1.60. The number of pyridine rings is 3. The molecule has 0 aliphatic carbocycles. The second kappa shape index (κ2) is 8.48. The fourth-order valence-electron chi connectivity index (χ4n) is 4.36. The molecule has 0 aromatic carbocycles. The minimum Gasteiger partial charge on any atom is -0.345 e. The van der Waals surface area contributed by atoms with Crippen LogP contribution in [0.15, 0.2) is 49.1 Å². The monoisotopic (exact) mass is 403 g/mol. The Bertz CT molecular complexity index is 1030. The lowest BCUT2D eigenvalue weighted by Gasteiger charge is -2.37. The fraction of sp³-hybridized carbons (Fsp3) is 0.417. The van der Waals surface area contributed by atoms with Gasteiger partial charge < -0.3 is 10.2 Å². The maximum atomic E-state index is 13.2. The third-order valence-corrected chi connectivity index (χ3v) is 5.65. The molecule has 1 saturated heterocycles. The molecule has 0 radical (unpaired) electrons. The summed E-state index contributed by atoms with van der Waals surface area (Å²) < 4.78 is 0. The lowest BCUT2D eigenvalue weighted by Crippen LogP contribution is -2.53. The highest BCUT2D eigenvalue weighted by molar-refractivity contribution is 6.01. The molecule has 3 aromatic rings. The van der Waals surface area contributed by atoms with E-state index in [1.165, 1.54) is 12.8 Å². The zero-order chi connectivity index (χ0) is 21.1. The van der Waals surface area contributed by atoms with Crippen LogP contribution in [0.2, 0.25) is 0 Å². The highest BCUT2D eigenvalue weighted by Crippen LogP contribution is 2.28. The molecule has 0 spiro atoms. The normalized spacial score (nSPS) is 17.8. The Morgan fingerprint density at radius 1 is 1.20 bits per heavy atom. The number of hydrogen-bond acceptors (Lipinski definition) is 5. The minimum atomic E-state index is -0.347. The van der Waals surface area contributed by atoms with Gasteiger partial charge in [-0.2, -0.15) is 0 Å². The third kappa shape index (κ3) is 4.65. The standard InChI is InChI=1S/C24H29N5O/c1-17-5-4-12-29(15-17)16-24(2,3)28-23(30)22-13-19(18-6-9-25-10-7-18)20-14-26-11-8-21(20)27-22/h6-11,13-14,17H,4-5,12,15-16H2,1-3H3,(H,28,30). The van der Waals surface area contributed by atoms with Gasteiger partial charge in [0.2, 0.25) is 0 Å². The van der Waals surface area contributed by atoms with Crippen molar-refractivity contribution in [1.82, 2.24) is 25.2 Å². The lowest BCUT2D eigenvalue weighted by atomic mass is 9.97. The molecule has 1 unspecified atom stereocenters. The van der Waals surface area contributed by atoms with Crippen molar-refractivity contribution in [3.8, 4) is 11.1 Å². The van der Waals surface area contributed by atoms with E-state index in [1.807, 2.05) is 24.3 Å². The van der Waals surface area contributed by atoms with Gasteiger partial charge in [-0.25, -0.2) is 4.98 Å². The molecule has 4 heterocycles. The van der Waals surface area contributed by atoms with Crippen LogP contribution in [0.1, 0.15) is 44.1 Å². The number of likely N-dealkylation sites (tertiary alicyclic amines) is 1. The van der Waals surface area contributed by atoms with E-state index in [9.17, 15) is 4.79 Å². The summed E-state index contributed by atoms with van der Waals surface area (Å²) in [6, 6.07) is 7.57. The van der Waals surface area contributed by atoms with Crippen molar-refractivity contribution in [2.45, 2.75) is 39.2 Å². The summed E-state index contributed by atoms with van der Waals surface area (Å²) in [4.78, 5) is 28.6. The Morgan fingerprint density at radius 3 is 2.73 bits per heavy atom. The number of hydrogen-bond donors (Lipinski definition) is 1. The number of amides is 1. The second-order valence-corrected chi connectivity index (χ2v) is 9.00. The van der Waals surface area contributed by atoms with Crippen molar-refractivity contribution in [2.75, 3.05) is 19.6 Å². The first-order valence-corrected chi connectivity index (χ1v) is 10.6. The van der Waals surface area contributed by atoms with E-state index in [2.05, 4.69) is 45.9 Å². The summed E-state index contributed by atoms with van der Waals surface area (Å²) in [6.45, 7) is 9.48. The molecule has 4 rings (SSSR count). The van der Waals surface area contributed by atoms with Gasteiger partial charge in [0.25, 0.3) is 5.91 Å². The molecule has 6 nitrogen and oxygen atoms in total. The summed E-state index contributed by atoms with van der Waals surface area (Å²) in [5.41, 5.74) is 2.75. The predicted molar refractivity (Wildman–Crippen MR) is 119 cm³/mol. The lowest BCUT2D eigenvalue weighted by molar-refractivity contribution is 0.0858. The van der Waals surface area contributed by atoms with Crippen LogP contribution >= 0.6 is 0 Å². The molecule has 1 atom stereocenters. The first kappa shape index (κ1) is 20.4. The first-order chi connectivity index (χ1) is 14.4. The molecule has 1 amide bonds. The Labute approximate surface area is 177 Å². The van der Waals surface area contributed by atoms with Crippen LogP contribution in [-0.4, -0.2) is 50.9 Å². The van der Waals surface area contributed by atoms with Crippen molar-refractivity contribution in [1.29, 1.82) is 0 Å². The Kier molecular flexibility index (Phi) is 5.77. The van der Waals surface area contributed by atoms with Crippen LogP contribution in [0.5, 0.6) is 0 Å². The molecular weight excluding hydrogens is 374 g/mol. The van der Waals surface area contributed by atoms with Crippen LogP contribution in [0.4, 0.5) is 0 Å². The topological polar surface area (TPSA) is 71.0 Å². The van der Waals surface area contributed by atoms with E-state index >= 15 is 0 Å². The van der Waals surface area contributed by atoms with Gasteiger partial charge >= 0.3 is 0 Å². The number of nitrogens with one attached hydrogen (secondary N) is 1. The zero-order valence-corrected chi connectivity index (χ0v) is 17.9. The summed E-state index contributed by atoms with van der Waals surface area (Å²) in [5.74, 6) is 0.558. The molecular formula is C24H29N5O. The number of fused-ring (bicyclic) bond motifs is 1. The smallest absolute Gasteiger partial charge is 0.270 e. The predicted octanol–water partition coefficient (Wildman–Crippen LogP) is 3.93. The summed E-state index contributed by atoms with van der Waals surface area (Å²) >= 11 is 0. The van der Waals surface area contributed by atoms with Gasteiger partial charge in [0.15, 0.2) is 0 Å². The van der Waals surface area contributed by atoms with Gasteiger partial charge in [-0.1, -0.05) is 6.92 Å². The van der Waals surface area contributed by atoms with Gasteiger partial charge in [0, 0.05) is 48.8 Å². The van der Waals surface area contributed by atoms with Crippen LogP contribution in [0.3, 0.4) is 0 Å². The maximum Gasteiger partial charge on any atom is 0.270 e. The SMILES string of the molecule is CC1CCCN(CC(C)(C)NC(=O)c2cc(-c3ccncc3)c3cnccc3n2)C1. The molecule has 3 aromatic heterocycles. The molecule has 6 heteroatoms. The van der Waals surface area contributed by atoms with Crippen molar-refractivity contribution < 1.29 is 4.79 Å². The van der Waals surface area contributed by atoms with E-state index in [0.29, 0.717) is 11.6 Å². The minimum absolute atomic E-state index is 0.154. The number of nitrogens with zero attached hydrogens (tertiary/aromatic N) is 4. The van der Waals surface area contributed by atoms with Gasteiger partial charge in [-0.05, 0) is 74.5 Å². The van der Waals surface area contributed by atoms with Crippen LogP contribution in [0.25, 0.3) is 22.0 Å². The average molecular weight is 404 g/mol. The second-order valence-electron chi connectivity index (χ2n) is 9.00. The Hall–Kier alpha value is -2.86. The van der Waals surface area contributed by atoms with E-state index < -0.39 is 0 Å². The van der Waals surface area contributed by atoms with Crippen molar-refractivity contribution >= 4 is 16.8 Å². The highest BCUT2D eigenvalue weighted by atomic mass is 16.2. The van der Waals surface area contributed by atoms with E-state index in [4.69, 9.17) is 0 Å². The molecule has 30 heavy (non-hydrogen) atoms. The summed E-state index contributed by atoms with van der Waals surface area (Å²) in [5, 5.41) is 4.13. The van der Waals surface area contributed by atoms with Crippen molar-refractivity contribution in [3.05, 3.63) is 54.7 Å². The molecule has 0 saturated carbocycles. The average Bonchev–Trinajstić information content (AvgIpc) is 2.73. The van der Waals surface area contributed by atoms with Gasteiger partial charge in [-0.15, -0.1) is 0 Å². The largest absolute Gasteiger partial charge is 0.345 e. The number of carbonyl (C=O) groups excluding carboxylic acids is 1. The van der Waals surface area contributed by atoms with E-state index in [1.54, 1.807) is 24.8 Å². The van der Waals surface area contributed by atoms with Crippen LogP contribution < -0.4 is 5.32 Å². The number of aromatic nitrogens is 3. The number of carbonyl (C=O) groups is 1. The molecule has 1 aliphatic rings. The van der Waals surface area contributed by atoms with E-state index in [0.717, 1.165) is 41.7 Å². The van der Waals surface area contributed by atoms with Crippen molar-refractivity contribution in [2.24, 2.45) is 5.92 Å². The molecule has 1 fully saturated rings. The third-order valence-electron chi connectivity index (χ3n) is 5.65. The van der Waals surface area contributed by atoms with Gasteiger partial charge in [0.05, 0.1) is 5.52 Å². The number of piperidine rings is 1. The first-order valence-electron chi connectivity index (χ1n) is 10.6. The quantitative estimate of drug-likeness (QED) is 0.699. The Morgan fingerprint density at radius 2 is 1.97 bits per heavy atom. The summed E-state index contributed by atoms with van der Waals surface area (Å²) in [6.07, 6.45) is 9.51. The van der Waals surface area contributed by atoms with E-state index in [-0.39, 0.29) is 11.4 Å². The van der Waals surface area contributed by atoms with Gasteiger partial charge in [-0.3, -0.25) is 14.8 Å². The summed E-state index contributed by atoms with van der Waals surface area (Å²) in [7, 11) is 0. The molecule has 0 bridgehead atoms. The van der Waals surface area contributed by atoms with Crippen LogP contribution in [0, 0.1) is 5.92 Å². The van der Waals surface area contributed by atoms with Gasteiger partial charge in [0.1, 0.15) is 5.69 Å². The number of rotatable bonds is 5. The molecule has 1 N–H and O–H groups in total. The highest BCUT2D eigenvalue weighted by Gasteiger charge is 2.27. The zero-order valence-electron chi connectivity index (χ0n) is 17.9. The maximum absolute atomic E-state index is 13.2. The molecule has 156 valence electrons. The fourth-order valence-corrected chi connectivity index (χ4v) is 4.36. The van der Waals surface area contributed by atoms with Crippen LogP contribution in [-0.2, 0) is 0 Å². The van der Waals surface area contributed by atoms with Crippen molar-refractivity contribution in [3.63, 3.8) is 0 Å². The molecule has 1 aliphatic heterocycles.